The van der Waals surface area contributed by atoms with Crippen LogP contribution in [0.2, 0.25) is 0 Å². The van der Waals surface area contributed by atoms with Crippen molar-refractivity contribution in [3.05, 3.63) is 18.0 Å². The third kappa shape index (κ3) is 3.50. The topological polar surface area (TPSA) is 59.4 Å². The minimum atomic E-state index is 0.0433. The molecular weight excluding hydrogens is 280 g/mol. The zero-order valence-corrected chi connectivity index (χ0v) is 13.5. The van der Waals surface area contributed by atoms with Crippen molar-refractivity contribution in [1.82, 2.24) is 20.0 Å². The van der Waals surface area contributed by atoms with E-state index in [4.69, 9.17) is 4.74 Å². The van der Waals surface area contributed by atoms with Crippen molar-refractivity contribution in [2.75, 3.05) is 33.4 Å². The summed E-state index contributed by atoms with van der Waals surface area (Å²) in [6.45, 7) is 3.33. The quantitative estimate of drug-likeness (QED) is 0.853. The molecule has 6 nitrogen and oxygen atoms in total. The van der Waals surface area contributed by atoms with E-state index >= 15 is 0 Å². The standard InChI is InChI=1S/C16H26N4O2/c1-19-8-5-14(18-19)15(21)20-9-6-16(7-10-20,12-22-2)11-17-13-3-4-13/h5,8,13,17H,3-4,6-7,9-12H2,1-2H3. The van der Waals surface area contributed by atoms with Gasteiger partial charge in [0.05, 0.1) is 6.61 Å². The Morgan fingerprint density at radius 3 is 2.73 bits per heavy atom. The van der Waals surface area contributed by atoms with E-state index in [1.807, 2.05) is 18.1 Å². The van der Waals surface area contributed by atoms with Crippen LogP contribution in [0, 0.1) is 5.41 Å². The lowest BCUT2D eigenvalue weighted by Crippen LogP contribution is -2.49. The smallest absolute Gasteiger partial charge is 0.274 e. The Balaban J connectivity index is 1.58. The van der Waals surface area contributed by atoms with Crippen LogP contribution in [0.5, 0.6) is 0 Å². The summed E-state index contributed by atoms with van der Waals surface area (Å²) in [6.07, 6.45) is 6.38. The van der Waals surface area contributed by atoms with E-state index in [0.717, 1.165) is 39.1 Å². The summed E-state index contributed by atoms with van der Waals surface area (Å²) in [5, 5.41) is 7.85. The van der Waals surface area contributed by atoms with Crippen molar-refractivity contribution in [1.29, 1.82) is 0 Å². The summed E-state index contributed by atoms with van der Waals surface area (Å²) in [4.78, 5) is 14.4. The first-order valence-electron chi connectivity index (χ1n) is 8.13. The molecule has 0 aromatic carbocycles. The number of rotatable bonds is 6. The molecule has 1 saturated heterocycles. The average Bonchev–Trinajstić information content (AvgIpc) is 3.26. The lowest BCUT2D eigenvalue weighted by molar-refractivity contribution is 0.0200. The molecule has 0 unspecified atom stereocenters. The monoisotopic (exact) mass is 306 g/mol. The van der Waals surface area contributed by atoms with Crippen LogP contribution in [0.4, 0.5) is 0 Å². The molecule has 2 fully saturated rings. The van der Waals surface area contributed by atoms with Gasteiger partial charge in [-0.1, -0.05) is 0 Å². The number of carbonyl (C=O) groups excluding carboxylic acids is 1. The molecule has 1 aromatic rings. The van der Waals surface area contributed by atoms with Crippen LogP contribution in [0.25, 0.3) is 0 Å². The number of piperidine rings is 1. The van der Waals surface area contributed by atoms with Gasteiger partial charge in [0.2, 0.25) is 0 Å². The zero-order valence-electron chi connectivity index (χ0n) is 13.5. The Hall–Kier alpha value is -1.40. The van der Waals surface area contributed by atoms with Gasteiger partial charge in [-0.2, -0.15) is 5.10 Å². The van der Waals surface area contributed by atoms with Crippen LogP contribution in [-0.4, -0.2) is 60.0 Å². The van der Waals surface area contributed by atoms with Crippen LogP contribution in [0.3, 0.4) is 0 Å². The fraction of sp³-hybridized carbons (Fsp3) is 0.750. The van der Waals surface area contributed by atoms with Crippen molar-refractivity contribution in [3.8, 4) is 0 Å². The molecule has 0 radical (unpaired) electrons. The van der Waals surface area contributed by atoms with Gasteiger partial charge in [0, 0.05) is 51.4 Å². The molecule has 6 heteroatoms. The maximum atomic E-state index is 12.5. The molecule has 122 valence electrons. The number of carbonyl (C=O) groups is 1. The van der Waals surface area contributed by atoms with Gasteiger partial charge >= 0.3 is 0 Å². The fourth-order valence-corrected chi connectivity index (χ4v) is 3.20. The van der Waals surface area contributed by atoms with Gasteiger partial charge in [0.25, 0.3) is 5.91 Å². The molecule has 1 saturated carbocycles. The molecule has 2 heterocycles. The SMILES string of the molecule is COCC1(CNC2CC2)CCN(C(=O)c2ccn(C)n2)CC1. The minimum Gasteiger partial charge on any atom is -0.384 e. The second kappa shape index (κ2) is 6.38. The van der Waals surface area contributed by atoms with Crippen LogP contribution in [0.1, 0.15) is 36.2 Å². The van der Waals surface area contributed by atoms with E-state index in [9.17, 15) is 4.79 Å². The molecule has 1 amide bonds. The van der Waals surface area contributed by atoms with Gasteiger partial charge in [-0.05, 0) is 31.7 Å². The predicted molar refractivity (Wildman–Crippen MR) is 83.7 cm³/mol. The van der Waals surface area contributed by atoms with Gasteiger partial charge in [0.1, 0.15) is 5.69 Å². The number of hydrogen-bond acceptors (Lipinski definition) is 4. The second-order valence-electron chi connectivity index (χ2n) is 6.76. The van der Waals surface area contributed by atoms with Crippen molar-refractivity contribution in [3.63, 3.8) is 0 Å². The Labute approximate surface area is 131 Å². The molecular formula is C16H26N4O2. The van der Waals surface area contributed by atoms with E-state index in [-0.39, 0.29) is 11.3 Å². The number of nitrogens with zero attached hydrogens (tertiary/aromatic N) is 3. The number of ether oxygens (including phenoxy) is 1. The number of methoxy groups -OCH3 is 1. The third-order valence-electron chi connectivity index (χ3n) is 4.84. The predicted octanol–water partition coefficient (Wildman–Crippen LogP) is 1.04. The summed E-state index contributed by atoms with van der Waals surface area (Å²) in [5.74, 6) is 0.0433. The maximum absolute atomic E-state index is 12.5. The maximum Gasteiger partial charge on any atom is 0.274 e. The van der Waals surface area contributed by atoms with Crippen LogP contribution >= 0.6 is 0 Å². The first-order chi connectivity index (χ1) is 10.6. The summed E-state index contributed by atoms with van der Waals surface area (Å²) in [6, 6.07) is 2.50. The third-order valence-corrected chi connectivity index (χ3v) is 4.84. The highest BCUT2D eigenvalue weighted by atomic mass is 16.5. The van der Waals surface area contributed by atoms with Crippen molar-refractivity contribution < 1.29 is 9.53 Å². The van der Waals surface area contributed by atoms with Gasteiger partial charge in [-0.25, -0.2) is 0 Å². The second-order valence-corrected chi connectivity index (χ2v) is 6.76. The van der Waals surface area contributed by atoms with Crippen LogP contribution < -0.4 is 5.32 Å². The zero-order chi connectivity index (χ0) is 15.6. The van der Waals surface area contributed by atoms with Crippen LogP contribution in [-0.2, 0) is 11.8 Å². The number of nitrogens with one attached hydrogen (secondary N) is 1. The number of aryl methyl sites for hydroxylation is 1. The van der Waals surface area contributed by atoms with Crippen molar-refractivity contribution >= 4 is 5.91 Å². The summed E-state index contributed by atoms with van der Waals surface area (Å²) in [5.41, 5.74) is 0.705. The van der Waals surface area contributed by atoms with Crippen molar-refractivity contribution in [2.45, 2.75) is 31.7 Å². The summed E-state index contributed by atoms with van der Waals surface area (Å²) >= 11 is 0. The van der Waals surface area contributed by atoms with Crippen molar-refractivity contribution in [2.24, 2.45) is 12.5 Å². The molecule has 1 aliphatic heterocycles. The molecule has 2 aliphatic rings. The molecule has 0 bridgehead atoms. The fourth-order valence-electron chi connectivity index (χ4n) is 3.20. The molecule has 0 atom stereocenters. The highest BCUT2D eigenvalue weighted by molar-refractivity contribution is 5.92. The lowest BCUT2D eigenvalue weighted by atomic mass is 9.78. The number of aromatic nitrogens is 2. The molecule has 22 heavy (non-hydrogen) atoms. The minimum absolute atomic E-state index is 0.0433. The lowest BCUT2D eigenvalue weighted by Gasteiger charge is -2.41. The number of hydrogen-bond donors (Lipinski definition) is 1. The van der Waals surface area contributed by atoms with Gasteiger partial charge < -0.3 is 15.0 Å². The van der Waals surface area contributed by atoms with E-state index in [2.05, 4.69) is 10.4 Å². The molecule has 1 N–H and O–H groups in total. The van der Waals surface area contributed by atoms with E-state index < -0.39 is 0 Å². The van der Waals surface area contributed by atoms with E-state index in [1.165, 1.54) is 12.8 Å². The normalized spacial score (nSPS) is 21.1. The molecule has 0 spiro atoms. The summed E-state index contributed by atoms with van der Waals surface area (Å²) < 4.78 is 7.13. The Morgan fingerprint density at radius 1 is 1.45 bits per heavy atom. The Morgan fingerprint density at radius 2 is 2.18 bits per heavy atom. The first-order valence-corrected chi connectivity index (χ1v) is 8.13. The molecule has 3 rings (SSSR count). The Bertz CT molecular complexity index is 516. The molecule has 1 aromatic heterocycles. The van der Waals surface area contributed by atoms with E-state index in [0.29, 0.717) is 11.7 Å². The highest BCUT2D eigenvalue weighted by Gasteiger charge is 2.37. The summed E-state index contributed by atoms with van der Waals surface area (Å²) in [7, 11) is 3.60. The largest absolute Gasteiger partial charge is 0.384 e. The first kappa shape index (κ1) is 15.5. The van der Waals surface area contributed by atoms with Gasteiger partial charge in [0.15, 0.2) is 0 Å². The molecule has 1 aliphatic carbocycles. The number of likely N-dealkylation sites (tertiary alicyclic amines) is 1. The average molecular weight is 306 g/mol. The van der Waals surface area contributed by atoms with Gasteiger partial charge in [-0.15, -0.1) is 0 Å². The highest BCUT2D eigenvalue weighted by Crippen LogP contribution is 2.33. The van der Waals surface area contributed by atoms with E-state index in [1.54, 1.807) is 17.9 Å². The number of amides is 1. The Kier molecular flexibility index (Phi) is 4.49. The van der Waals surface area contributed by atoms with Gasteiger partial charge in [-0.3, -0.25) is 9.48 Å². The van der Waals surface area contributed by atoms with Crippen LogP contribution in [0.15, 0.2) is 12.3 Å².